The fraction of sp³-hybridized carbons (Fsp3) is 0.538. The lowest BCUT2D eigenvalue weighted by Crippen LogP contribution is -2.48. The smallest absolute Gasteiger partial charge is 0.123 e. The molecule has 1 saturated heterocycles. The highest BCUT2D eigenvalue weighted by Gasteiger charge is 2.18. The predicted octanol–water partition coefficient (Wildman–Crippen LogP) is 1.55. The van der Waals surface area contributed by atoms with Crippen molar-refractivity contribution in [2.24, 2.45) is 0 Å². The first kappa shape index (κ1) is 13.6. The first-order valence-electron chi connectivity index (χ1n) is 6.16. The molecule has 0 radical (unpaired) electrons. The second-order valence-electron chi connectivity index (χ2n) is 4.57. The molecule has 1 atom stereocenters. The number of halogens is 2. The molecule has 0 aromatic heterocycles. The van der Waals surface area contributed by atoms with Crippen LogP contribution < -0.4 is 4.90 Å². The van der Waals surface area contributed by atoms with Crippen LogP contribution in [-0.4, -0.2) is 54.7 Å². The summed E-state index contributed by atoms with van der Waals surface area (Å²) in [7, 11) is 0. The molecule has 1 aliphatic rings. The van der Waals surface area contributed by atoms with Gasteiger partial charge in [-0.3, -0.25) is 4.90 Å². The fourth-order valence-electron chi connectivity index (χ4n) is 2.19. The summed E-state index contributed by atoms with van der Waals surface area (Å²) in [5.41, 5.74) is 1.05. The monoisotopic (exact) mass is 272 g/mol. The maximum atomic E-state index is 12.8. The van der Waals surface area contributed by atoms with Crippen LogP contribution >= 0.6 is 11.6 Å². The molecule has 100 valence electrons. The SMILES string of the molecule is OC(CCl)CN1CCN(c2ccc(F)cc2)CC1. The largest absolute Gasteiger partial charge is 0.391 e. The number of alkyl halides is 1. The van der Waals surface area contributed by atoms with Crippen LogP contribution in [0.5, 0.6) is 0 Å². The summed E-state index contributed by atoms with van der Waals surface area (Å²) in [5, 5.41) is 9.49. The van der Waals surface area contributed by atoms with Crippen LogP contribution in [0.15, 0.2) is 24.3 Å². The van der Waals surface area contributed by atoms with Crippen molar-refractivity contribution in [1.29, 1.82) is 0 Å². The fourth-order valence-corrected chi connectivity index (χ4v) is 2.28. The Hall–Kier alpha value is -0.840. The number of β-amino-alcohol motifs (C(OH)–C–C–N with tert-alkyl or cyclic N) is 1. The molecule has 1 heterocycles. The standard InChI is InChI=1S/C13H18ClFN2O/c14-9-13(18)10-16-5-7-17(8-6-16)12-3-1-11(15)2-4-12/h1-4,13,18H,5-10H2. The molecule has 0 bridgehead atoms. The molecule has 1 unspecified atom stereocenters. The van der Waals surface area contributed by atoms with Gasteiger partial charge in [-0.05, 0) is 24.3 Å². The van der Waals surface area contributed by atoms with Gasteiger partial charge in [0.05, 0.1) is 6.10 Å². The van der Waals surface area contributed by atoms with Crippen molar-refractivity contribution >= 4 is 17.3 Å². The Labute approximate surface area is 112 Å². The Kier molecular flexibility index (Phi) is 4.80. The Morgan fingerprint density at radius 1 is 1.17 bits per heavy atom. The topological polar surface area (TPSA) is 26.7 Å². The summed E-state index contributed by atoms with van der Waals surface area (Å²) in [6, 6.07) is 6.58. The number of anilines is 1. The summed E-state index contributed by atoms with van der Waals surface area (Å²) in [6.07, 6.45) is -0.455. The predicted molar refractivity (Wildman–Crippen MR) is 71.8 cm³/mol. The van der Waals surface area contributed by atoms with Gasteiger partial charge in [0.25, 0.3) is 0 Å². The minimum Gasteiger partial charge on any atom is -0.391 e. The van der Waals surface area contributed by atoms with Gasteiger partial charge in [-0.1, -0.05) is 0 Å². The highest BCUT2D eigenvalue weighted by molar-refractivity contribution is 6.18. The second kappa shape index (κ2) is 6.36. The van der Waals surface area contributed by atoms with Crippen LogP contribution in [0.25, 0.3) is 0 Å². The van der Waals surface area contributed by atoms with Gasteiger partial charge in [0.1, 0.15) is 5.82 Å². The zero-order valence-electron chi connectivity index (χ0n) is 10.2. The highest BCUT2D eigenvalue weighted by atomic mass is 35.5. The highest BCUT2D eigenvalue weighted by Crippen LogP contribution is 2.16. The summed E-state index contributed by atoms with van der Waals surface area (Å²) < 4.78 is 12.8. The van der Waals surface area contributed by atoms with Gasteiger partial charge in [-0.25, -0.2) is 4.39 Å². The van der Waals surface area contributed by atoms with E-state index >= 15 is 0 Å². The van der Waals surface area contributed by atoms with E-state index in [1.807, 2.05) is 0 Å². The third-order valence-electron chi connectivity index (χ3n) is 3.21. The van der Waals surface area contributed by atoms with Gasteiger partial charge in [0.15, 0.2) is 0 Å². The average molecular weight is 273 g/mol. The van der Waals surface area contributed by atoms with E-state index in [1.165, 1.54) is 12.1 Å². The van der Waals surface area contributed by atoms with Crippen molar-refractivity contribution in [3.8, 4) is 0 Å². The van der Waals surface area contributed by atoms with Gasteiger partial charge in [-0.2, -0.15) is 0 Å². The minimum absolute atomic E-state index is 0.206. The number of aliphatic hydroxyl groups excluding tert-OH is 1. The maximum Gasteiger partial charge on any atom is 0.123 e. The summed E-state index contributed by atoms with van der Waals surface area (Å²) in [5.74, 6) is 0.0701. The number of aliphatic hydroxyl groups is 1. The van der Waals surface area contributed by atoms with Crippen LogP contribution in [-0.2, 0) is 0 Å². The Bertz CT molecular complexity index is 366. The zero-order chi connectivity index (χ0) is 13.0. The molecule has 1 aromatic rings. The number of piperazine rings is 1. The summed E-state index contributed by atoms with van der Waals surface area (Å²) in [6.45, 7) is 4.19. The molecule has 1 N–H and O–H groups in total. The molecule has 1 fully saturated rings. The van der Waals surface area contributed by atoms with Crippen LogP contribution in [0.2, 0.25) is 0 Å². The summed E-state index contributed by atoms with van der Waals surface area (Å²) in [4.78, 5) is 4.43. The van der Waals surface area contributed by atoms with E-state index in [-0.39, 0.29) is 11.7 Å². The van der Waals surface area contributed by atoms with Crippen molar-refractivity contribution in [1.82, 2.24) is 4.90 Å². The van der Waals surface area contributed by atoms with Gasteiger partial charge >= 0.3 is 0 Å². The molecule has 2 rings (SSSR count). The Balaban J connectivity index is 1.84. The normalized spacial score (nSPS) is 18.9. The van der Waals surface area contributed by atoms with E-state index in [0.717, 1.165) is 31.9 Å². The van der Waals surface area contributed by atoms with E-state index in [9.17, 15) is 9.50 Å². The number of rotatable bonds is 4. The molecular formula is C13H18ClFN2O. The maximum absolute atomic E-state index is 12.8. The molecule has 0 spiro atoms. The Morgan fingerprint density at radius 3 is 2.33 bits per heavy atom. The van der Waals surface area contributed by atoms with Crippen molar-refractivity contribution in [2.75, 3.05) is 43.5 Å². The van der Waals surface area contributed by atoms with Crippen molar-refractivity contribution in [3.63, 3.8) is 0 Å². The van der Waals surface area contributed by atoms with E-state index < -0.39 is 6.10 Å². The number of hydrogen-bond acceptors (Lipinski definition) is 3. The molecule has 0 saturated carbocycles. The summed E-state index contributed by atoms with van der Waals surface area (Å²) >= 11 is 5.59. The first-order chi connectivity index (χ1) is 8.69. The van der Waals surface area contributed by atoms with Crippen LogP contribution in [0.4, 0.5) is 10.1 Å². The van der Waals surface area contributed by atoms with Crippen molar-refractivity contribution < 1.29 is 9.50 Å². The number of nitrogens with zero attached hydrogens (tertiary/aromatic N) is 2. The van der Waals surface area contributed by atoms with E-state index in [0.29, 0.717) is 6.54 Å². The van der Waals surface area contributed by atoms with Gasteiger partial charge < -0.3 is 10.0 Å². The molecule has 1 aliphatic heterocycles. The molecule has 0 amide bonds. The van der Waals surface area contributed by atoms with E-state index in [2.05, 4.69) is 9.80 Å². The third kappa shape index (κ3) is 3.57. The lowest BCUT2D eigenvalue weighted by Gasteiger charge is -2.36. The first-order valence-corrected chi connectivity index (χ1v) is 6.69. The molecule has 18 heavy (non-hydrogen) atoms. The molecule has 1 aromatic carbocycles. The quantitative estimate of drug-likeness (QED) is 0.843. The van der Waals surface area contributed by atoms with Crippen molar-refractivity contribution in [3.05, 3.63) is 30.1 Å². The van der Waals surface area contributed by atoms with E-state index in [1.54, 1.807) is 12.1 Å². The lowest BCUT2D eigenvalue weighted by atomic mass is 10.2. The van der Waals surface area contributed by atoms with Crippen LogP contribution in [0.3, 0.4) is 0 Å². The average Bonchev–Trinajstić information content (AvgIpc) is 2.40. The second-order valence-corrected chi connectivity index (χ2v) is 4.88. The zero-order valence-corrected chi connectivity index (χ0v) is 11.0. The molecular weight excluding hydrogens is 255 g/mol. The molecule has 3 nitrogen and oxygen atoms in total. The number of hydrogen-bond donors (Lipinski definition) is 1. The lowest BCUT2D eigenvalue weighted by molar-refractivity contribution is 0.125. The van der Waals surface area contributed by atoms with Crippen LogP contribution in [0, 0.1) is 5.82 Å². The molecule has 5 heteroatoms. The van der Waals surface area contributed by atoms with Gasteiger partial charge in [0, 0.05) is 44.3 Å². The Morgan fingerprint density at radius 2 is 1.78 bits per heavy atom. The third-order valence-corrected chi connectivity index (χ3v) is 3.57. The molecule has 0 aliphatic carbocycles. The van der Waals surface area contributed by atoms with Crippen LogP contribution in [0.1, 0.15) is 0 Å². The van der Waals surface area contributed by atoms with Gasteiger partial charge in [-0.15, -0.1) is 11.6 Å². The van der Waals surface area contributed by atoms with E-state index in [4.69, 9.17) is 11.6 Å². The number of benzene rings is 1. The minimum atomic E-state index is -0.455. The van der Waals surface area contributed by atoms with Gasteiger partial charge in [0.2, 0.25) is 0 Å². The van der Waals surface area contributed by atoms with Crippen molar-refractivity contribution in [2.45, 2.75) is 6.10 Å².